The topological polar surface area (TPSA) is 166 Å². The van der Waals surface area contributed by atoms with Crippen LogP contribution in [0.25, 0.3) is 10.9 Å². The third kappa shape index (κ3) is 6.87. The number of likely N-dealkylation sites (tertiary alicyclic amines) is 1. The summed E-state index contributed by atoms with van der Waals surface area (Å²) in [6.45, 7) is 8.11. The lowest BCUT2D eigenvalue weighted by molar-refractivity contribution is -0.243. The van der Waals surface area contributed by atoms with E-state index in [-0.39, 0.29) is 18.4 Å². The highest BCUT2D eigenvalue weighted by atomic mass is 19.4. The number of ether oxygens (including phenoxy) is 4. The molecule has 1 saturated carbocycles. The maximum absolute atomic E-state index is 15.7. The highest BCUT2D eigenvalue weighted by Crippen LogP contribution is 2.70. The third-order valence-corrected chi connectivity index (χ3v) is 17.6. The SMILES string of the molecule is CC[C@]1(O)C[C@H]2CN(CCc3c([nH]c4ccc(Nc5ccc(C(F)(F)F)cc5)cc34)[C@@](C(=O)OC)(C3C=C4C(=CC3OC)N(C)[C@H]3[C@@](O)(C(=O)OC)[C@H](OC(C)=O)[C@]5(CC)C=CCN6CC[C@]43[C@@H]65)C2)C1. The first-order valence-electron chi connectivity index (χ1n) is 24.5. The zero-order chi connectivity index (χ0) is 49.9. The van der Waals surface area contributed by atoms with Crippen LogP contribution in [0.5, 0.6) is 0 Å². The molecule has 2 bridgehead atoms. The van der Waals surface area contributed by atoms with Crippen molar-refractivity contribution in [2.24, 2.45) is 22.7 Å². The van der Waals surface area contributed by atoms with Crippen molar-refractivity contribution >= 4 is 40.2 Å². The molecule has 2 aromatic carbocycles. The van der Waals surface area contributed by atoms with Gasteiger partial charge in [0.05, 0.1) is 37.5 Å². The number of methoxy groups -OCH3 is 3. The largest absolute Gasteiger partial charge is 0.468 e. The molecule has 4 fully saturated rings. The highest BCUT2D eigenvalue weighted by Gasteiger charge is 2.81. The molecule has 3 unspecified atom stereocenters. The van der Waals surface area contributed by atoms with E-state index in [1.54, 1.807) is 7.11 Å². The van der Waals surface area contributed by atoms with Crippen molar-refractivity contribution in [1.82, 2.24) is 19.7 Å². The number of alkyl halides is 3. The normalized spacial score (nSPS) is 36.6. The minimum Gasteiger partial charge on any atom is -0.468 e. The van der Waals surface area contributed by atoms with E-state index in [4.69, 9.17) is 18.9 Å². The van der Waals surface area contributed by atoms with Crippen LogP contribution >= 0.6 is 0 Å². The Kier molecular flexibility index (Phi) is 11.7. The Morgan fingerprint density at radius 3 is 2.31 bits per heavy atom. The molecule has 5 aliphatic heterocycles. The van der Waals surface area contributed by atoms with Crippen molar-refractivity contribution in [1.29, 1.82) is 0 Å². The van der Waals surface area contributed by atoms with E-state index < -0.39 is 81.3 Å². The number of H-pyrrole nitrogens is 1. The zero-order valence-electron chi connectivity index (χ0n) is 40.8. The number of esters is 3. The monoisotopic (exact) mass is 971 g/mol. The Morgan fingerprint density at radius 1 is 0.929 bits per heavy atom. The first-order valence-corrected chi connectivity index (χ1v) is 24.5. The molecule has 1 aromatic heterocycles. The van der Waals surface area contributed by atoms with Crippen LogP contribution in [0.1, 0.15) is 69.7 Å². The Labute approximate surface area is 405 Å². The molecule has 10 rings (SSSR count). The second kappa shape index (κ2) is 17.0. The summed E-state index contributed by atoms with van der Waals surface area (Å²) in [5.41, 5.74) is -2.70. The molecule has 1 spiro atoms. The summed E-state index contributed by atoms with van der Waals surface area (Å²) in [7, 11) is 6.07. The number of likely N-dealkylation sites (N-methyl/N-ethyl adjacent to an activating group) is 1. The van der Waals surface area contributed by atoms with Gasteiger partial charge in [0, 0.05) is 104 Å². The van der Waals surface area contributed by atoms with Gasteiger partial charge in [0.15, 0.2) is 6.10 Å². The van der Waals surface area contributed by atoms with Crippen LogP contribution in [0.2, 0.25) is 0 Å². The summed E-state index contributed by atoms with van der Waals surface area (Å²) in [4.78, 5) is 53.6. The summed E-state index contributed by atoms with van der Waals surface area (Å²) in [5.74, 6) is -3.00. The molecule has 4 N–H and O–H groups in total. The quantitative estimate of drug-likeness (QED) is 0.106. The second-order valence-corrected chi connectivity index (χ2v) is 21.0. The molecule has 0 amide bonds. The summed E-state index contributed by atoms with van der Waals surface area (Å²) in [5, 5.41) is 29.7. The number of carbonyl (C=O) groups is 3. The minimum absolute atomic E-state index is 0.188. The highest BCUT2D eigenvalue weighted by molar-refractivity contribution is 5.93. The van der Waals surface area contributed by atoms with E-state index in [2.05, 4.69) is 26.2 Å². The number of rotatable bonds is 9. The zero-order valence-corrected chi connectivity index (χ0v) is 40.8. The van der Waals surface area contributed by atoms with Crippen LogP contribution in [0.15, 0.2) is 78.0 Å². The molecule has 14 nitrogen and oxygen atoms in total. The van der Waals surface area contributed by atoms with E-state index in [1.165, 1.54) is 33.3 Å². The van der Waals surface area contributed by atoms with Crippen LogP contribution in [-0.2, 0) is 51.3 Å². The summed E-state index contributed by atoms with van der Waals surface area (Å²) >= 11 is 0. The van der Waals surface area contributed by atoms with Gasteiger partial charge in [0.2, 0.25) is 5.60 Å². The van der Waals surface area contributed by atoms with Gasteiger partial charge in [-0.3, -0.25) is 19.4 Å². The number of aliphatic hydroxyl groups is 2. The lowest BCUT2D eigenvalue weighted by Crippen LogP contribution is -2.79. The van der Waals surface area contributed by atoms with Crippen molar-refractivity contribution < 1.29 is 56.7 Å². The van der Waals surface area contributed by atoms with Gasteiger partial charge < -0.3 is 44.4 Å². The molecule has 7 aliphatic rings. The summed E-state index contributed by atoms with van der Waals surface area (Å²) in [6.07, 6.45) is 4.27. The number of hydrogen-bond donors (Lipinski definition) is 4. The molecule has 2 aliphatic carbocycles. The average Bonchev–Trinajstić information content (AvgIpc) is 4.00. The number of piperidine rings is 1. The van der Waals surface area contributed by atoms with Crippen LogP contribution in [-0.4, -0.2) is 144 Å². The number of allylic oxidation sites excluding steroid dienone is 1. The van der Waals surface area contributed by atoms with Crippen LogP contribution in [0.4, 0.5) is 24.5 Å². The average molecular weight is 972 g/mol. The van der Waals surface area contributed by atoms with Crippen molar-refractivity contribution in [3.63, 3.8) is 0 Å². The van der Waals surface area contributed by atoms with Crippen molar-refractivity contribution in [2.45, 2.75) is 106 Å². The van der Waals surface area contributed by atoms with Gasteiger partial charge in [-0.25, -0.2) is 4.79 Å². The minimum atomic E-state index is -4.48. The van der Waals surface area contributed by atoms with E-state index in [1.807, 2.05) is 62.2 Å². The van der Waals surface area contributed by atoms with Crippen molar-refractivity contribution in [3.05, 3.63) is 94.9 Å². The number of nitrogens with zero attached hydrogens (tertiary/aromatic N) is 3. The Bertz CT molecular complexity index is 2700. The molecule has 376 valence electrons. The second-order valence-electron chi connectivity index (χ2n) is 21.0. The van der Waals surface area contributed by atoms with Crippen molar-refractivity contribution in [2.75, 3.05) is 66.4 Å². The molecule has 12 atom stereocenters. The number of halogens is 3. The smallest absolute Gasteiger partial charge is 0.416 e. The number of benzene rings is 2. The number of aromatic nitrogens is 1. The van der Waals surface area contributed by atoms with Gasteiger partial charge >= 0.3 is 24.1 Å². The molecule has 6 heterocycles. The Hall–Kier alpha value is -5.20. The van der Waals surface area contributed by atoms with E-state index in [0.717, 1.165) is 39.9 Å². The molecular weight excluding hydrogens is 908 g/mol. The maximum Gasteiger partial charge on any atom is 0.416 e. The lowest BCUT2D eigenvalue weighted by Gasteiger charge is -2.63. The Balaban J connectivity index is 1.20. The van der Waals surface area contributed by atoms with Gasteiger partial charge in [0.25, 0.3) is 0 Å². The van der Waals surface area contributed by atoms with Gasteiger partial charge in [0.1, 0.15) is 5.41 Å². The predicted molar refractivity (Wildman–Crippen MR) is 254 cm³/mol. The molecule has 3 saturated heterocycles. The van der Waals surface area contributed by atoms with E-state index in [0.29, 0.717) is 81.9 Å². The predicted octanol–water partition coefficient (Wildman–Crippen LogP) is 6.40. The Morgan fingerprint density at radius 2 is 1.66 bits per heavy atom. The number of hydrogen-bond acceptors (Lipinski definition) is 13. The van der Waals surface area contributed by atoms with Crippen LogP contribution in [0, 0.1) is 22.7 Å². The molecule has 0 radical (unpaired) electrons. The molecule has 3 aromatic rings. The molecular formula is C53H64F3N5O9. The van der Waals surface area contributed by atoms with Gasteiger partial charge in [-0.1, -0.05) is 32.1 Å². The number of anilines is 2. The number of fused-ring (bicyclic) bond motifs is 6. The first-order chi connectivity index (χ1) is 33.3. The first kappa shape index (κ1) is 48.4. The fraction of sp³-hybridized carbons (Fsp3) is 0.566. The van der Waals surface area contributed by atoms with Gasteiger partial charge in [-0.05, 0) is 111 Å². The van der Waals surface area contributed by atoms with Gasteiger partial charge in [-0.2, -0.15) is 13.2 Å². The molecule has 17 heteroatoms. The standard InChI is InChI=1S/C53H64F3N5O9/c1-8-48(65)26-31-27-51(46(63)68-6,42-35(17-21-60(28-31)29-48)36-23-34(15-16-39(36)58-42)57-33-13-11-32(12-14-33)53(54,55)56)38-24-37-40(25-41(38)67-5)59(4)44-50(37)19-22-61-20-10-18-49(9-2,43(50)61)45(70-30(3)62)52(44,66)47(64)69-7/h10-16,18,23-25,31,38,41,43-45,57-58,65-66H,8-9,17,19-22,26-29H2,1-7H3/t31-,38?,41?,43+,44-,45-,48+,49-,50-,51+,52+/m1/s1. The summed E-state index contributed by atoms with van der Waals surface area (Å²) in [6, 6.07) is 9.22. The third-order valence-electron chi connectivity index (χ3n) is 17.6. The van der Waals surface area contributed by atoms with E-state index >= 15 is 4.79 Å². The van der Waals surface area contributed by atoms with E-state index in [9.17, 15) is 33.0 Å². The number of nitrogens with one attached hydrogen (secondary N) is 2. The number of aromatic amines is 1. The fourth-order valence-corrected chi connectivity index (χ4v) is 15.0. The van der Waals surface area contributed by atoms with Crippen LogP contribution < -0.4 is 5.32 Å². The maximum atomic E-state index is 15.7. The van der Waals surface area contributed by atoms with Crippen LogP contribution in [0.3, 0.4) is 0 Å². The summed E-state index contributed by atoms with van der Waals surface area (Å²) < 4.78 is 64.7. The lowest BCUT2D eigenvalue weighted by atomic mass is 9.47. The number of carbonyl (C=O) groups excluding carboxylic acids is 3. The molecule has 70 heavy (non-hydrogen) atoms. The fourth-order valence-electron chi connectivity index (χ4n) is 15.0. The van der Waals surface area contributed by atoms with Gasteiger partial charge in [-0.15, -0.1) is 0 Å². The van der Waals surface area contributed by atoms with Crippen molar-refractivity contribution in [3.8, 4) is 0 Å².